The standard InChI is InChI=1S/C13H18BrFO3S/c1-13(2,3)19(16,17)5-4-18-12-7-10(9-14)6-11(15)8-12/h6-8H,4-5,9H2,1-3H3. The van der Waals surface area contributed by atoms with Crippen LogP contribution in [0.25, 0.3) is 0 Å². The van der Waals surface area contributed by atoms with Crippen LogP contribution in [0, 0.1) is 5.82 Å². The Morgan fingerprint density at radius 2 is 1.89 bits per heavy atom. The fourth-order valence-corrected chi connectivity index (χ4v) is 2.60. The number of hydrogen-bond donors (Lipinski definition) is 0. The van der Waals surface area contributed by atoms with Crippen LogP contribution in [0.3, 0.4) is 0 Å². The summed E-state index contributed by atoms with van der Waals surface area (Å²) in [7, 11) is -3.22. The van der Waals surface area contributed by atoms with Crippen LogP contribution >= 0.6 is 15.9 Å². The van der Waals surface area contributed by atoms with Crippen LogP contribution < -0.4 is 4.74 Å². The molecule has 0 atom stereocenters. The summed E-state index contributed by atoms with van der Waals surface area (Å²) in [5.74, 6) is -0.138. The second kappa shape index (κ2) is 6.22. The van der Waals surface area contributed by atoms with Crippen molar-refractivity contribution < 1.29 is 17.5 Å². The molecule has 0 aliphatic rings. The summed E-state index contributed by atoms with van der Waals surface area (Å²) >= 11 is 3.23. The smallest absolute Gasteiger partial charge is 0.158 e. The lowest BCUT2D eigenvalue weighted by atomic mass is 10.2. The molecule has 0 amide bonds. The van der Waals surface area contributed by atoms with E-state index in [4.69, 9.17) is 4.74 Å². The highest BCUT2D eigenvalue weighted by Gasteiger charge is 2.28. The molecule has 0 aromatic heterocycles. The number of alkyl halides is 1. The minimum atomic E-state index is -3.22. The van der Waals surface area contributed by atoms with Crippen LogP contribution in [0.2, 0.25) is 0 Å². The molecule has 0 bridgehead atoms. The van der Waals surface area contributed by atoms with Crippen LogP contribution in [0.5, 0.6) is 5.75 Å². The first kappa shape index (κ1) is 16.4. The Morgan fingerprint density at radius 1 is 1.26 bits per heavy atom. The minimum absolute atomic E-state index is 0.0186. The molecule has 1 rings (SSSR count). The average Bonchev–Trinajstić information content (AvgIpc) is 2.26. The van der Waals surface area contributed by atoms with Crippen molar-refractivity contribution in [3.63, 3.8) is 0 Å². The summed E-state index contributed by atoms with van der Waals surface area (Å²) in [6.45, 7) is 4.96. The maximum atomic E-state index is 13.2. The van der Waals surface area contributed by atoms with Gasteiger partial charge in [-0.1, -0.05) is 15.9 Å². The highest BCUT2D eigenvalue weighted by Crippen LogP contribution is 2.20. The number of rotatable bonds is 5. The molecule has 0 radical (unpaired) electrons. The van der Waals surface area contributed by atoms with Crippen molar-refractivity contribution in [1.29, 1.82) is 0 Å². The second-order valence-corrected chi connectivity index (χ2v) is 8.63. The number of sulfone groups is 1. The topological polar surface area (TPSA) is 43.4 Å². The molecule has 0 heterocycles. The van der Waals surface area contributed by atoms with Gasteiger partial charge >= 0.3 is 0 Å². The normalized spacial score (nSPS) is 12.5. The molecule has 19 heavy (non-hydrogen) atoms. The lowest BCUT2D eigenvalue weighted by molar-refractivity contribution is 0.337. The molecular formula is C13H18BrFO3S. The zero-order chi connectivity index (χ0) is 14.7. The molecule has 6 heteroatoms. The molecule has 1 aromatic rings. The molecule has 0 aliphatic carbocycles. The Balaban J connectivity index is 2.66. The Kier molecular flexibility index (Phi) is 5.38. The van der Waals surface area contributed by atoms with E-state index in [1.165, 1.54) is 12.1 Å². The maximum Gasteiger partial charge on any atom is 0.158 e. The first-order chi connectivity index (χ1) is 8.65. The summed E-state index contributed by atoms with van der Waals surface area (Å²) in [5, 5.41) is 0.515. The molecule has 3 nitrogen and oxygen atoms in total. The van der Waals surface area contributed by atoms with Gasteiger partial charge in [0.15, 0.2) is 9.84 Å². The number of benzene rings is 1. The molecule has 0 N–H and O–H groups in total. The van der Waals surface area contributed by atoms with Crippen molar-refractivity contribution in [2.75, 3.05) is 12.4 Å². The first-order valence-corrected chi connectivity index (χ1v) is 8.63. The third-order valence-corrected chi connectivity index (χ3v) is 5.86. The van der Waals surface area contributed by atoms with E-state index >= 15 is 0 Å². The van der Waals surface area contributed by atoms with Gasteiger partial charge in [-0.2, -0.15) is 0 Å². The molecule has 0 spiro atoms. The maximum absolute atomic E-state index is 13.2. The number of halogens is 2. The van der Waals surface area contributed by atoms with Gasteiger partial charge in [0.1, 0.15) is 18.2 Å². The Hall–Kier alpha value is -0.620. The quantitative estimate of drug-likeness (QED) is 0.763. The number of ether oxygens (including phenoxy) is 1. The Bertz CT molecular complexity index is 535. The van der Waals surface area contributed by atoms with Gasteiger partial charge in [-0.15, -0.1) is 0 Å². The van der Waals surface area contributed by atoms with Gasteiger partial charge in [0, 0.05) is 11.4 Å². The van der Waals surface area contributed by atoms with E-state index in [9.17, 15) is 12.8 Å². The molecule has 108 valence electrons. The molecule has 1 aromatic carbocycles. The van der Waals surface area contributed by atoms with Gasteiger partial charge in [0.05, 0.1) is 10.5 Å². The summed E-state index contributed by atoms with van der Waals surface area (Å²) in [5.41, 5.74) is 0.744. The van der Waals surface area contributed by atoms with Gasteiger partial charge in [-0.25, -0.2) is 12.8 Å². The lowest BCUT2D eigenvalue weighted by Crippen LogP contribution is -2.32. The van der Waals surface area contributed by atoms with E-state index in [0.29, 0.717) is 11.1 Å². The largest absolute Gasteiger partial charge is 0.492 e. The average molecular weight is 353 g/mol. The van der Waals surface area contributed by atoms with E-state index < -0.39 is 20.4 Å². The molecule has 0 saturated carbocycles. The van der Waals surface area contributed by atoms with Crippen molar-refractivity contribution in [1.82, 2.24) is 0 Å². The first-order valence-electron chi connectivity index (χ1n) is 5.86. The lowest BCUT2D eigenvalue weighted by Gasteiger charge is -2.19. The zero-order valence-corrected chi connectivity index (χ0v) is 13.6. The predicted octanol–water partition coefficient (Wildman–Crippen LogP) is 3.31. The van der Waals surface area contributed by atoms with E-state index in [0.717, 1.165) is 5.56 Å². The predicted molar refractivity (Wildman–Crippen MR) is 78.1 cm³/mol. The van der Waals surface area contributed by atoms with Gasteiger partial charge < -0.3 is 4.74 Å². The van der Waals surface area contributed by atoms with Crippen molar-refractivity contribution in [2.45, 2.75) is 30.8 Å². The minimum Gasteiger partial charge on any atom is -0.492 e. The number of hydrogen-bond acceptors (Lipinski definition) is 3. The van der Waals surface area contributed by atoms with Gasteiger partial charge in [0.25, 0.3) is 0 Å². The highest BCUT2D eigenvalue weighted by atomic mass is 79.9. The summed E-state index contributed by atoms with van der Waals surface area (Å²) < 4.78 is 41.5. The SMILES string of the molecule is CC(C)(C)S(=O)(=O)CCOc1cc(F)cc(CBr)c1. The fourth-order valence-electron chi connectivity index (χ4n) is 1.36. The van der Waals surface area contributed by atoms with Crippen molar-refractivity contribution >= 4 is 25.8 Å². The summed E-state index contributed by atoms with van der Waals surface area (Å²) in [4.78, 5) is 0. The van der Waals surface area contributed by atoms with Crippen LogP contribution in [0.4, 0.5) is 4.39 Å². The van der Waals surface area contributed by atoms with Gasteiger partial charge in [0.2, 0.25) is 0 Å². The van der Waals surface area contributed by atoms with E-state index in [-0.39, 0.29) is 12.4 Å². The molecule has 0 fully saturated rings. The van der Waals surface area contributed by atoms with Crippen molar-refractivity contribution in [2.24, 2.45) is 0 Å². The molecule has 0 unspecified atom stereocenters. The van der Waals surface area contributed by atoms with Crippen LogP contribution in [0.1, 0.15) is 26.3 Å². The fraction of sp³-hybridized carbons (Fsp3) is 0.538. The highest BCUT2D eigenvalue weighted by molar-refractivity contribution is 9.08. The van der Waals surface area contributed by atoms with Crippen molar-refractivity contribution in [3.8, 4) is 5.75 Å². The van der Waals surface area contributed by atoms with Crippen molar-refractivity contribution in [3.05, 3.63) is 29.6 Å². The second-order valence-electron chi connectivity index (χ2n) is 5.21. The molecule has 0 saturated heterocycles. The Labute approximate surface area is 122 Å². The van der Waals surface area contributed by atoms with Crippen LogP contribution in [-0.2, 0) is 15.2 Å². The van der Waals surface area contributed by atoms with Crippen LogP contribution in [-0.4, -0.2) is 25.5 Å². The van der Waals surface area contributed by atoms with E-state index in [1.54, 1.807) is 26.8 Å². The Morgan fingerprint density at radius 3 is 2.42 bits per heavy atom. The van der Waals surface area contributed by atoms with Crippen LogP contribution in [0.15, 0.2) is 18.2 Å². The summed E-state index contributed by atoms with van der Waals surface area (Å²) in [6.07, 6.45) is 0. The zero-order valence-electron chi connectivity index (χ0n) is 11.2. The molecular weight excluding hydrogens is 335 g/mol. The van der Waals surface area contributed by atoms with E-state index in [1.807, 2.05) is 0 Å². The van der Waals surface area contributed by atoms with Gasteiger partial charge in [-0.05, 0) is 38.5 Å². The molecule has 0 aliphatic heterocycles. The summed E-state index contributed by atoms with van der Waals surface area (Å²) in [6, 6.07) is 4.32. The third kappa shape index (κ3) is 4.76. The van der Waals surface area contributed by atoms with E-state index in [2.05, 4.69) is 15.9 Å². The van der Waals surface area contributed by atoms with Gasteiger partial charge in [-0.3, -0.25) is 0 Å². The third-order valence-electron chi connectivity index (χ3n) is 2.64. The monoisotopic (exact) mass is 352 g/mol.